The lowest BCUT2D eigenvalue weighted by Crippen LogP contribution is -1.84. The number of allylic oxidation sites excluding steroid dienone is 1. The van der Waals surface area contributed by atoms with Crippen LogP contribution in [-0.4, -0.2) is 5.88 Å². The van der Waals surface area contributed by atoms with Crippen LogP contribution >= 0.6 is 11.6 Å². The maximum absolute atomic E-state index is 5.67. The van der Waals surface area contributed by atoms with E-state index in [9.17, 15) is 0 Å². The van der Waals surface area contributed by atoms with Gasteiger partial charge in [-0.15, -0.1) is 18.2 Å². The molecule has 0 unspecified atom stereocenters. The lowest BCUT2D eigenvalue weighted by atomic mass is 10.0. The first-order valence-electron chi connectivity index (χ1n) is 9.58. The van der Waals surface area contributed by atoms with Crippen molar-refractivity contribution in [2.75, 3.05) is 5.88 Å². The average molecular weight is 315 g/mol. The summed E-state index contributed by atoms with van der Waals surface area (Å²) in [6.45, 7) is 3.77. The summed E-state index contributed by atoms with van der Waals surface area (Å²) in [4.78, 5) is 0. The summed E-state index contributed by atoms with van der Waals surface area (Å²) >= 11 is 5.67. The van der Waals surface area contributed by atoms with Gasteiger partial charge in [-0.05, 0) is 19.3 Å². The van der Waals surface area contributed by atoms with Crippen LogP contribution in [0.2, 0.25) is 0 Å². The van der Waals surface area contributed by atoms with Crippen molar-refractivity contribution in [2.24, 2.45) is 0 Å². The quantitative estimate of drug-likeness (QED) is 0.136. The average Bonchev–Trinajstić information content (AvgIpc) is 2.50. The van der Waals surface area contributed by atoms with Crippen molar-refractivity contribution in [3.05, 3.63) is 12.7 Å². The number of alkyl halides is 1. The molecule has 0 saturated carbocycles. The SMILES string of the molecule is C=CCCCCCCCCCCCCCCCCCCCl. The van der Waals surface area contributed by atoms with Gasteiger partial charge in [0, 0.05) is 5.88 Å². The Morgan fingerprint density at radius 2 is 0.762 bits per heavy atom. The molecule has 0 aliphatic heterocycles. The Hall–Kier alpha value is 0.0300. The highest BCUT2D eigenvalue weighted by Crippen LogP contribution is 2.14. The van der Waals surface area contributed by atoms with E-state index in [4.69, 9.17) is 11.6 Å². The third-order valence-electron chi connectivity index (χ3n) is 4.29. The molecule has 0 fully saturated rings. The Bertz CT molecular complexity index is 188. The van der Waals surface area contributed by atoms with E-state index in [1.807, 2.05) is 6.08 Å². The molecule has 0 heterocycles. The molecule has 0 aromatic rings. The molecule has 126 valence electrons. The lowest BCUT2D eigenvalue weighted by Gasteiger charge is -2.03. The molecule has 0 radical (unpaired) electrons. The molecule has 0 aromatic carbocycles. The van der Waals surface area contributed by atoms with E-state index in [1.54, 1.807) is 0 Å². The van der Waals surface area contributed by atoms with Crippen molar-refractivity contribution in [3.63, 3.8) is 0 Å². The maximum Gasteiger partial charge on any atom is 0.0223 e. The Morgan fingerprint density at radius 1 is 0.476 bits per heavy atom. The van der Waals surface area contributed by atoms with Crippen LogP contribution in [0, 0.1) is 0 Å². The fourth-order valence-electron chi connectivity index (χ4n) is 2.86. The number of unbranched alkanes of at least 4 members (excludes halogenated alkanes) is 16. The second-order valence-electron chi connectivity index (χ2n) is 6.42. The van der Waals surface area contributed by atoms with E-state index in [2.05, 4.69) is 6.58 Å². The smallest absolute Gasteiger partial charge is 0.0223 e. The minimum atomic E-state index is 0.842. The van der Waals surface area contributed by atoms with Crippen LogP contribution in [0.3, 0.4) is 0 Å². The molecular formula is C20H39Cl. The molecule has 0 aliphatic carbocycles. The second kappa shape index (κ2) is 20.0. The van der Waals surface area contributed by atoms with Crippen LogP contribution < -0.4 is 0 Å². The third kappa shape index (κ3) is 20.0. The molecule has 0 N–H and O–H groups in total. The van der Waals surface area contributed by atoms with Crippen molar-refractivity contribution < 1.29 is 0 Å². The van der Waals surface area contributed by atoms with Crippen LogP contribution in [-0.2, 0) is 0 Å². The van der Waals surface area contributed by atoms with Gasteiger partial charge in [0.05, 0.1) is 0 Å². The van der Waals surface area contributed by atoms with Crippen molar-refractivity contribution in [3.8, 4) is 0 Å². The van der Waals surface area contributed by atoms with Gasteiger partial charge in [0.15, 0.2) is 0 Å². The topological polar surface area (TPSA) is 0 Å². The first kappa shape index (κ1) is 21.0. The summed E-state index contributed by atoms with van der Waals surface area (Å²) in [6, 6.07) is 0. The first-order valence-corrected chi connectivity index (χ1v) is 10.1. The monoisotopic (exact) mass is 314 g/mol. The molecular weight excluding hydrogens is 276 g/mol. The van der Waals surface area contributed by atoms with Crippen LogP contribution in [0.15, 0.2) is 12.7 Å². The van der Waals surface area contributed by atoms with E-state index in [-0.39, 0.29) is 0 Å². The fourth-order valence-corrected chi connectivity index (χ4v) is 3.05. The zero-order valence-corrected chi connectivity index (χ0v) is 15.1. The van der Waals surface area contributed by atoms with Gasteiger partial charge < -0.3 is 0 Å². The second-order valence-corrected chi connectivity index (χ2v) is 6.80. The van der Waals surface area contributed by atoms with Crippen molar-refractivity contribution in [1.29, 1.82) is 0 Å². The number of rotatable bonds is 18. The molecule has 0 spiro atoms. The number of halogens is 1. The third-order valence-corrected chi connectivity index (χ3v) is 4.56. The molecule has 1 heteroatoms. The largest absolute Gasteiger partial charge is 0.127 e. The molecule has 0 amide bonds. The van der Waals surface area contributed by atoms with Crippen molar-refractivity contribution in [1.82, 2.24) is 0 Å². The summed E-state index contributed by atoms with van der Waals surface area (Å²) in [5, 5.41) is 0. The van der Waals surface area contributed by atoms with Gasteiger partial charge in [-0.3, -0.25) is 0 Å². The van der Waals surface area contributed by atoms with E-state index in [0.29, 0.717) is 0 Å². The van der Waals surface area contributed by atoms with Crippen molar-refractivity contribution >= 4 is 11.6 Å². The zero-order valence-electron chi connectivity index (χ0n) is 14.4. The maximum atomic E-state index is 5.67. The summed E-state index contributed by atoms with van der Waals surface area (Å²) < 4.78 is 0. The summed E-state index contributed by atoms with van der Waals surface area (Å²) in [7, 11) is 0. The van der Waals surface area contributed by atoms with Gasteiger partial charge in [-0.1, -0.05) is 96.0 Å². The van der Waals surface area contributed by atoms with Crippen molar-refractivity contribution in [2.45, 2.75) is 109 Å². The predicted octanol–water partition coefficient (Wildman–Crippen LogP) is 8.04. The normalized spacial score (nSPS) is 10.9. The van der Waals surface area contributed by atoms with Crippen LogP contribution in [0.1, 0.15) is 109 Å². The molecule has 0 nitrogen and oxygen atoms in total. The highest BCUT2D eigenvalue weighted by molar-refractivity contribution is 6.17. The van der Waals surface area contributed by atoms with Crippen LogP contribution in [0.25, 0.3) is 0 Å². The number of hydrogen-bond acceptors (Lipinski definition) is 0. The molecule has 21 heavy (non-hydrogen) atoms. The molecule has 0 aromatic heterocycles. The van der Waals surface area contributed by atoms with E-state index < -0.39 is 0 Å². The fraction of sp³-hybridized carbons (Fsp3) is 0.900. The molecule has 0 rings (SSSR count). The minimum Gasteiger partial charge on any atom is -0.127 e. The number of hydrogen-bond donors (Lipinski definition) is 0. The Kier molecular flexibility index (Phi) is 20.1. The zero-order chi connectivity index (χ0) is 15.4. The van der Waals surface area contributed by atoms with E-state index in [0.717, 1.165) is 5.88 Å². The van der Waals surface area contributed by atoms with Gasteiger partial charge in [-0.25, -0.2) is 0 Å². The van der Waals surface area contributed by atoms with E-state index >= 15 is 0 Å². The minimum absolute atomic E-state index is 0.842. The lowest BCUT2D eigenvalue weighted by molar-refractivity contribution is 0.530. The summed E-state index contributed by atoms with van der Waals surface area (Å²) in [5.41, 5.74) is 0. The van der Waals surface area contributed by atoms with Gasteiger partial charge in [-0.2, -0.15) is 0 Å². The van der Waals surface area contributed by atoms with Gasteiger partial charge in [0.1, 0.15) is 0 Å². The first-order chi connectivity index (χ1) is 10.4. The summed E-state index contributed by atoms with van der Waals surface area (Å²) in [5.74, 6) is 0.842. The molecule has 0 atom stereocenters. The Morgan fingerprint density at radius 3 is 1.05 bits per heavy atom. The Balaban J connectivity index is 2.91. The van der Waals surface area contributed by atoms with E-state index in [1.165, 1.54) is 109 Å². The summed E-state index contributed by atoms with van der Waals surface area (Å²) in [6.07, 6.45) is 25.8. The Labute approximate surface area is 139 Å². The predicted molar refractivity (Wildman–Crippen MR) is 99.4 cm³/mol. The highest BCUT2D eigenvalue weighted by Gasteiger charge is 1.94. The van der Waals surface area contributed by atoms with Gasteiger partial charge >= 0.3 is 0 Å². The van der Waals surface area contributed by atoms with Gasteiger partial charge in [0.25, 0.3) is 0 Å². The molecule has 0 bridgehead atoms. The van der Waals surface area contributed by atoms with Crippen LogP contribution in [0.4, 0.5) is 0 Å². The van der Waals surface area contributed by atoms with Crippen LogP contribution in [0.5, 0.6) is 0 Å². The molecule has 0 saturated heterocycles. The highest BCUT2D eigenvalue weighted by atomic mass is 35.5. The van der Waals surface area contributed by atoms with Gasteiger partial charge in [0.2, 0.25) is 0 Å². The standard InChI is InChI=1S/C20H39Cl/c1-2-3-4-5-6-7-8-9-10-11-12-13-14-15-16-17-18-19-20-21/h2H,1,3-20H2. The molecule has 0 aliphatic rings.